The van der Waals surface area contributed by atoms with Crippen LogP contribution in [-0.2, 0) is 9.53 Å². The van der Waals surface area contributed by atoms with E-state index in [-0.39, 0.29) is 25.6 Å². The van der Waals surface area contributed by atoms with E-state index in [2.05, 4.69) is 15.8 Å². The number of carbonyl (C=O) groups excluding carboxylic acids is 3. The molecule has 0 bridgehead atoms. The first-order valence-electron chi connectivity index (χ1n) is 3.61. The van der Waals surface area contributed by atoms with E-state index in [0.29, 0.717) is 0 Å². The Kier molecular flexibility index (Phi) is 2.68. The molecule has 7 nitrogen and oxygen atoms in total. The van der Waals surface area contributed by atoms with Crippen molar-refractivity contribution < 1.29 is 19.1 Å². The maximum absolute atomic E-state index is 10.9. The summed E-state index contributed by atoms with van der Waals surface area (Å²) in [5, 5.41) is 2.32. The first kappa shape index (κ1) is 9.30. The van der Waals surface area contributed by atoms with E-state index in [4.69, 9.17) is 0 Å². The molecule has 1 saturated heterocycles. The number of amides is 4. The van der Waals surface area contributed by atoms with Crippen LogP contribution >= 0.6 is 0 Å². The van der Waals surface area contributed by atoms with E-state index in [0.717, 1.165) is 4.90 Å². The first-order valence-corrected chi connectivity index (χ1v) is 3.61. The van der Waals surface area contributed by atoms with Gasteiger partial charge in [-0.2, -0.15) is 0 Å². The second kappa shape index (κ2) is 3.74. The number of hydrogen-bond donors (Lipinski definition) is 2. The molecule has 0 unspecified atom stereocenters. The summed E-state index contributed by atoms with van der Waals surface area (Å²) in [6.07, 6.45) is -0.924. The predicted octanol–water partition coefficient (Wildman–Crippen LogP) is -1.37. The minimum absolute atomic E-state index is 0.00456. The topological polar surface area (TPSA) is 102 Å². The number of urea groups is 1. The van der Waals surface area contributed by atoms with Crippen molar-refractivity contribution in [1.82, 2.24) is 10.2 Å². The van der Waals surface area contributed by atoms with E-state index >= 15 is 0 Å². The Hall–Kier alpha value is -1.79. The summed E-state index contributed by atoms with van der Waals surface area (Å²) < 4.78 is 4.37. The highest BCUT2D eigenvalue weighted by Crippen LogP contribution is 1.97. The third kappa shape index (κ3) is 2.32. The monoisotopic (exact) mass is 187 g/mol. The lowest BCUT2D eigenvalue weighted by Crippen LogP contribution is -2.34. The zero-order valence-corrected chi connectivity index (χ0v) is 6.78. The van der Waals surface area contributed by atoms with Gasteiger partial charge in [-0.3, -0.25) is 9.69 Å². The Bertz CT molecular complexity index is 236. The van der Waals surface area contributed by atoms with E-state index in [1.54, 1.807) is 0 Å². The molecular formula is C6H9N3O4. The highest BCUT2D eigenvalue weighted by molar-refractivity contribution is 6.01. The van der Waals surface area contributed by atoms with Crippen molar-refractivity contribution in [2.45, 2.75) is 0 Å². The molecule has 1 fully saturated rings. The smallest absolute Gasteiger partial charge is 0.404 e. The summed E-state index contributed by atoms with van der Waals surface area (Å²) in [5.74, 6) is -0.335. The summed E-state index contributed by atoms with van der Waals surface area (Å²) in [6.45, 7) is -0.0441. The zero-order valence-electron chi connectivity index (χ0n) is 6.78. The molecule has 1 aliphatic rings. The molecule has 13 heavy (non-hydrogen) atoms. The largest absolute Gasteiger partial charge is 0.448 e. The number of primary amides is 1. The summed E-state index contributed by atoms with van der Waals surface area (Å²) in [7, 11) is 0. The van der Waals surface area contributed by atoms with E-state index in [1.165, 1.54) is 0 Å². The van der Waals surface area contributed by atoms with Gasteiger partial charge in [-0.1, -0.05) is 0 Å². The third-order valence-electron chi connectivity index (χ3n) is 1.50. The van der Waals surface area contributed by atoms with Gasteiger partial charge >= 0.3 is 12.1 Å². The second-order valence-corrected chi connectivity index (χ2v) is 2.37. The third-order valence-corrected chi connectivity index (χ3v) is 1.50. The zero-order chi connectivity index (χ0) is 9.84. The molecule has 0 aromatic carbocycles. The normalized spacial score (nSPS) is 15.8. The van der Waals surface area contributed by atoms with Gasteiger partial charge in [0.15, 0.2) is 0 Å². The first-order chi connectivity index (χ1) is 6.11. The molecule has 4 amide bonds. The van der Waals surface area contributed by atoms with Crippen molar-refractivity contribution in [3.8, 4) is 0 Å². The van der Waals surface area contributed by atoms with Crippen LogP contribution in [-0.4, -0.2) is 42.6 Å². The lowest BCUT2D eigenvalue weighted by atomic mass is 10.5. The lowest BCUT2D eigenvalue weighted by Gasteiger charge is -2.10. The number of nitrogens with one attached hydrogen (secondary N) is 1. The van der Waals surface area contributed by atoms with Crippen molar-refractivity contribution in [1.29, 1.82) is 0 Å². The quantitative estimate of drug-likeness (QED) is 0.532. The fraction of sp³-hybridized carbons (Fsp3) is 0.500. The van der Waals surface area contributed by atoms with Crippen LogP contribution in [0.4, 0.5) is 9.59 Å². The molecule has 7 heteroatoms. The minimum atomic E-state index is -0.924. The SMILES string of the molecule is NC(=O)OCCN1C(=O)CNC1=O. The fourth-order valence-corrected chi connectivity index (χ4v) is 0.919. The van der Waals surface area contributed by atoms with Crippen LogP contribution in [0.25, 0.3) is 0 Å². The summed E-state index contributed by atoms with van der Waals surface area (Å²) in [6, 6.07) is -0.474. The molecule has 1 heterocycles. The molecule has 0 atom stereocenters. The molecule has 0 spiro atoms. The standard InChI is InChI=1S/C6H9N3O4/c7-5(11)13-2-1-9-4(10)3-8-6(9)12/h1-3H2,(H2,7,11)(H,8,12). The maximum atomic E-state index is 10.9. The Morgan fingerprint density at radius 3 is 2.77 bits per heavy atom. The number of nitrogens with zero attached hydrogens (tertiary/aromatic N) is 1. The van der Waals surface area contributed by atoms with Crippen molar-refractivity contribution >= 4 is 18.0 Å². The summed E-state index contributed by atoms with van der Waals surface area (Å²) in [5.41, 5.74) is 4.68. The molecule has 0 aromatic heterocycles. The van der Waals surface area contributed by atoms with Gasteiger partial charge in [0, 0.05) is 0 Å². The number of carbonyl (C=O) groups is 3. The molecule has 72 valence electrons. The number of ether oxygens (including phenoxy) is 1. The Morgan fingerprint density at radius 1 is 1.62 bits per heavy atom. The molecule has 0 saturated carbocycles. The number of imide groups is 1. The maximum Gasteiger partial charge on any atom is 0.404 e. The van der Waals surface area contributed by atoms with Gasteiger partial charge < -0.3 is 15.8 Å². The molecule has 1 rings (SSSR count). The molecule has 0 radical (unpaired) electrons. The van der Waals surface area contributed by atoms with Crippen LogP contribution in [0.1, 0.15) is 0 Å². The van der Waals surface area contributed by atoms with Crippen molar-refractivity contribution in [3.05, 3.63) is 0 Å². The molecule has 0 aliphatic carbocycles. The van der Waals surface area contributed by atoms with E-state index in [9.17, 15) is 14.4 Å². The van der Waals surface area contributed by atoms with E-state index in [1.807, 2.05) is 0 Å². The van der Waals surface area contributed by atoms with Gasteiger partial charge in [0.2, 0.25) is 5.91 Å². The van der Waals surface area contributed by atoms with Crippen molar-refractivity contribution in [3.63, 3.8) is 0 Å². The minimum Gasteiger partial charge on any atom is -0.448 e. The van der Waals surface area contributed by atoms with Gasteiger partial charge in [-0.05, 0) is 0 Å². The highest BCUT2D eigenvalue weighted by Gasteiger charge is 2.27. The molecule has 0 aromatic rings. The molecule has 1 aliphatic heterocycles. The van der Waals surface area contributed by atoms with Gasteiger partial charge in [0.25, 0.3) is 0 Å². The van der Waals surface area contributed by atoms with Crippen LogP contribution in [0.15, 0.2) is 0 Å². The number of hydrogen-bond acceptors (Lipinski definition) is 4. The van der Waals surface area contributed by atoms with Crippen molar-refractivity contribution in [2.24, 2.45) is 5.73 Å². The average molecular weight is 187 g/mol. The van der Waals surface area contributed by atoms with E-state index < -0.39 is 12.1 Å². The fourth-order valence-electron chi connectivity index (χ4n) is 0.919. The van der Waals surface area contributed by atoms with Crippen LogP contribution < -0.4 is 11.1 Å². The van der Waals surface area contributed by atoms with Gasteiger partial charge in [0.1, 0.15) is 6.61 Å². The molecular weight excluding hydrogens is 178 g/mol. The Balaban J connectivity index is 2.31. The highest BCUT2D eigenvalue weighted by atomic mass is 16.5. The summed E-state index contributed by atoms with van der Waals surface area (Å²) in [4.78, 5) is 32.9. The van der Waals surface area contributed by atoms with Gasteiger partial charge in [-0.25, -0.2) is 9.59 Å². The summed E-state index contributed by atoms with van der Waals surface area (Å²) >= 11 is 0. The Labute approximate surface area is 73.8 Å². The van der Waals surface area contributed by atoms with Gasteiger partial charge in [-0.15, -0.1) is 0 Å². The van der Waals surface area contributed by atoms with Gasteiger partial charge in [0.05, 0.1) is 13.1 Å². The van der Waals surface area contributed by atoms with Crippen molar-refractivity contribution in [2.75, 3.05) is 19.7 Å². The van der Waals surface area contributed by atoms with Crippen LogP contribution in [0.5, 0.6) is 0 Å². The predicted molar refractivity (Wildman–Crippen MR) is 40.6 cm³/mol. The second-order valence-electron chi connectivity index (χ2n) is 2.37. The van der Waals surface area contributed by atoms with Crippen LogP contribution in [0.3, 0.4) is 0 Å². The van der Waals surface area contributed by atoms with Crippen LogP contribution in [0, 0.1) is 0 Å². The Morgan fingerprint density at radius 2 is 2.31 bits per heavy atom. The van der Waals surface area contributed by atoms with Crippen LogP contribution in [0.2, 0.25) is 0 Å². The number of rotatable bonds is 3. The lowest BCUT2D eigenvalue weighted by molar-refractivity contribution is -0.125. The average Bonchev–Trinajstić information content (AvgIpc) is 2.34. The number of nitrogens with two attached hydrogens (primary N) is 1. The molecule has 3 N–H and O–H groups in total.